The Morgan fingerprint density at radius 3 is 3.23 bits per heavy atom. The average Bonchev–Trinajstić information content (AvgIpc) is 2.62. The number of fused-ring (bicyclic) bond motifs is 3. The maximum atomic E-state index is 4.48. The van der Waals surface area contributed by atoms with Crippen LogP contribution in [0.4, 0.5) is 0 Å². The summed E-state index contributed by atoms with van der Waals surface area (Å²) in [5.41, 5.74) is 3.59. The number of hydrogen-bond donors (Lipinski definition) is 0. The predicted molar refractivity (Wildman–Crippen MR) is 52.7 cm³/mol. The van der Waals surface area contributed by atoms with Gasteiger partial charge in [-0.1, -0.05) is 0 Å². The maximum absolute atomic E-state index is 4.48. The zero-order chi connectivity index (χ0) is 8.84. The predicted octanol–water partition coefficient (Wildman–Crippen LogP) is 1.98. The lowest BCUT2D eigenvalue weighted by atomic mass is 10.3. The van der Waals surface area contributed by atoms with Crippen molar-refractivity contribution >= 4 is 21.6 Å². The van der Waals surface area contributed by atoms with Gasteiger partial charge in [-0.15, -0.1) is 0 Å². The second kappa shape index (κ2) is 2.54. The lowest BCUT2D eigenvalue weighted by molar-refractivity contribution is 0.830. The number of halogens is 1. The number of aromatic nitrogens is 3. The van der Waals surface area contributed by atoms with Crippen LogP contribution >= 0.6 is 15.9 Å². The molecule has 2 aromatic rings. The van der Waals surface area contributed by atoms with Crippen LogP contribution in [0.25, 0.3) is 5.65 Å². The molecule has 1 aliphatic rings. The van der Waals surface area contributed by atoms with E-state index in [1.54, 1.807) is 0 Å². The van der Waals surface area contributed by atoms with Crippen molar-refractivity contribution in [3.05, 3.63) is 28.1 Å². The molecule has 0 bridgehead atoms. The second-order valence-electron chi connectivity index (χ2n) is 3.32. The van der Waals surface area contributed by atoms with E-state index in [-0.39, 0.29) is 0 Å². The Hall–Kier alpha value is -0.900. The Morgan fingerprint density at radius 2 is 2.31 bits per heavy atom. The molecule has 1 aliphatic carbocycles. The molecule has 2 aromatic heterocycles. The van der Waals surface area contributed by atoms with Gasteiger partial charge in [0, 0.05) is 18.0 Å². The summed E-state index contributed by atoms with van der Waals surface area (Å²) in [6, 6.07) is 0. The molecule has 0 saturated heterocycles. The highest BCUT2D eigenvalue weighted by molar-refractivity contribution is 9.10. The van der Waals surface area contributed by atoms with Gasteiger partial charge in [-0.3, -0.25) is 0 Å². The molecule has 0 saturated carbocycles. The zero-order valence-corrected chi connectivity index (χ0v) is 8.58. The van der Waals surface area contributed by atoms with Gasteiger partial charge in [-0.2, -0.15) is 5.10 Å². The van der Waals surface area contributed by atoms with Crippen LogP contribution in [0, 0.1) is 0 Å². The maximum Gasteiger partial charge on any atom is 0.158 e. The van der Waals surface area contributed by atoms with E-state index in [0.717, 1.165) is 23.0 Å². The monoisotopic (exact) mass is 237 g/mol. The van der Waals surface area contributed by atoms with Crippen molar-refractivity contribution in [3.63, 3.8) is 0 Å². The van der Waals surface area contributed by atoms with Crippen LogP contribution in [0.15, 0.2) is 16.9 Å². The first-order valence-electron chi connectivity index (χ1n) is 4.36. The Balaban J connectivity index is 2.38. The van der Waals surface area contributed by atoms with E-state index >= 15 is 0 Å². The molecule has 13 heavy (non-hydrogen) atoms. The van der Waals surface area contributed by atoms with Gasteiger partial charge in [0.1, 0.15) is 0 Å². The molecule has 3 rings (SSSR count). The Labute approximate surface area is 83.9 Å². The van der Waals surface area contributed by atoms with Crippen LogP contribution < -0.4 is 0 Å². The van der Waals surface area contributed by atoms with Crippen LogP contribution in [0.1, 0.15) is 17.7 Å². The van der Waals surface area contributed by atoms with Gasteiger partial charge in [-0.05, 0) is 35.2 Å². The SMILES string of the molecule is Brc1cnc2c3c(nn2c1)CCC3. The highest BCUT2D eigenvalue weighted by Gasteiger charge is 2.18. The minimum Gasteiger partial charge on any atom is -0.236 e. The van der Waals surface area contributed by atoms with E-state index in [0.29, 0.717) is 0 Å². The summed E-state index contributed by atoms with van der Waals surface area (Å²) in [4.78, 5) is 4.37. The first kappa shape index (κ1) is 7.50. The topological polar surface area (TPSA) is 30.2 Å². The molecule has 0 aliphatic heterocycles. The van der Waals surface area contributed by atoms with Gasteiger partial charge < -0.3 is 0 Å². The normalized spacial score (nSPS) is 15.2. The summed E-state index contributed by atoms with van der Waals surface area (Å²) in [7, 11) is 0. The first-order chi connectivity index (χ1) is 6.34. The van der Waals surface area contributed by atoms with Crippen molar-refractivity contribution < 1.29 is 0 Å². The van der Waals surface area contributed by atoms with Gasteiger partial charge in [-0.25, -0.2) is 9.50 Å². The van der Waals surface area contributed by atoms with Gasteiger partial charge in [0.2, 0.25) is 0 Å². The quantitative estimate of drug-likeness (QED) is 0.702. The second-order valence-corrected chi connectivity index (χ2v) is 4.23. The lowest BCUT2D eigenvalue weighted by Crippen LogP contribution is -1.91. The van der Waals surface area contributed by atoms with Crippen molar-refractivity contribution in [1.82, 2.24) is 14.6 Å². The fraction of sp³-hybridized carbons (Fsp3) is 0.333. The van der Waals surface area contributed by atoms with Crippen LogP contribution in [0.2, 0.25) is 0 Å². The highest BCUT2D eigenvalue weighted by atomic mass is 79.9. The summed E-state index contributed by atoms with van der Waals surface area (Å²) in [6.45, 7) is 0. The minimum atomic E-state index is 0.973. The minimum absolute atomic E-state index is 0.973. The molecule has 4 heteroatoms. The van der Waals surface area contributed by atoms with Gasteiger partial charge >= 0.3 is 0 Å². The van der Waals surface area contributed by atoms with Crippen LogP contribution in [0.5, 0.6) is 0 Å². The van der Waals surface area contributed by atoms with E-state index in [2.05, 4.69) is 26.0 Å². The zero-order valence-electron chi connectivity index (χ0n) is 7.00. The van der Waals surface area contributed by atoms with Crippen LogP contribution in [-0.2, 0) is 12.8 Å². The largest absolute Gasteiger partial charge is 0.236 e. The Bertz CT molecular complexity index is 475. The Morgan fingerprint density at radius 1 is 1.38 bits per heavy atom. The number of hydrogen-bond acceptors (Lipinski definition) is 2. The summed E-state index contributed by atoms with van der Waals surface area (Å²) in [6.07, 6.45) is 7.26. The summed E-state index contributed by atoms with van der Waals surface area (Å²) in [5.74, 6) is 0. The van der Waals surface area contributed by atoms with E-state index in [1.165, 1.54) is 17.7 Å². The standard InChI is InChI=1S/C9H8BrN3/c10-6-4-11-9-7-2-1-3-8(7)12-13(9)5-6/h4-5H,1-3H2. The van der Waals surface area contributed by atoms with Crippen LogP contribution in [0.3, 0.4) is 0 Å². The van der Waals surface area contributed by atoms with Crippen molar-refractivity contribution in [1.29, 1.82) is 0 Å². The van der Waals surface area contributed by atoms with E-state index in [9.17, 15) is 0 Å². The molecular formula is C9H8BrN3. The van der Waals surface area contributed by atoms with E-state index in [4.69, 9.17) is 0 Å². The number of rotatable bonds is 0. The number of nitrogens with zero attached hydrogens (tertiary/aromatic N) is 3. The van der Waals surface area contributed by atoms with Crippen molar-refractivity contribution in [2.75, 3.05) is 0 Å². The molecule has 0 amide bonds. The van der Waals surface area contributed by atoms with Crippen molar-refractivity contribution in [3.8, 4) is 0 Å². The van der Waals surface area contributed by atoms with Gasteiger partial charge in [0.15, 0.2) is 5.65 Å². The third kappa shape index (κ3) is 1.01. The fourth-order valence-corrected chi connectivity index (χ4v) is 2.19. The summed E-state index contributed by atoms with van der Waals surface area (Å²) < 4.78 is 2.84. The molecule has 66 valence electrons. The molecule has 0 radical (unpaired) electrons. The highest BCUT2D eigenvalue weighted by Crippen LogP contribution is 2.24. The molecule has 0 unspecified atom stereocenters. The van der Waals surface area contributed by atoms with E-state index in [1.807, 2.05) is 16.9 Å². The molecule has 0 fully saturated rings. The fourth-order valence-electron chi connectivity index (χ4n) is 1.89. The average molecular weight is 238 g/mol. The first-order valence-corrected chi connectivity index (χ1v) is 5.15. The molecule has 3 nitrogen and oxygen atoms in total. The molecule has 0 atom stereocenters. The third-order valence-electron chi connectivity index (χ3n) is 2.46. The summed E-state index contributed by atoms with van der Waals surface area (Å²) in [5, 5.41) is 4.48. The number of aryl methyl sites for hydroxylation is 2. The molecule has 2 heterocycles. The molecule has 0 aromatic carbocycles. The van der Waals surface area contributed by atoms with Crippen molar-refractivity contribution in [2.45, 2.75) is 19.3 Å². The van der Waals surface area contributed by atoms with Gasteiger partial charge in [0.25, 0.3) is 0 Å². The van der Waals surface area contributed by atoms with Gasteiger partial charge in [0.05, 0.1) is 10.2 Å². The summed E-state index contributed by atoms with van der Waals surface area (Å²) >= 11 is 3.38. The smallest absolute Gasteiger partial charge is 0.158 e. The van der Waals surface area contributed by atoms with Crippen molar-refractivity contribution in [2.24, 2.45) is 0 Å². The third-order valence-corrected chi connectivity index (χ3v) is 2.87. The van der Waals surface area contributed by atoms with E-state index < -0.39 is 0 Å². The lowest BCUT2D eigenvalue weighted by Gasteiger charge is -1.94. The molecule has 0 spiro atoms. The van der Waals surface area contributed by atoms with Crippen LogP contribution in [-0.4, -0.2) is 14.6 Å². The molecular weight excluding hydrogens is 230 g/mol. The molecule has 0 N–H and O–H groups in total. The Kier molecular flexibility index (Phi) is 1.47.